The molecule has 3 nitrogen and oxygen atoms in total. The number of hydrogen-bond donors (Lipinski definition) is 0. The van der Waals surface area contributed by atoms with Crippen LogP contribution in [0.5, 0.6) is 0 Å². The summed E-state index contributed by atoms with van der Waals surface area (Å²) < 4.78 is 12.5. The lowest BCUT2D eigenvalue weighted by molar-refractivity contribution is 0.00578. The van der Waals surface area contributed by atoms with Gasteiger partial charge in [-0.15, -0.1) is 0 Å². The summed E-state index contributed by atoms with van der Waals surface area (Å²) >= 11 is 0. The van der Waals surface area contributed by atoms with Crippen LogP contribution >= 0.6 is 0 Å². The fourth-order valence-corrected chi connectivity index (χ4v) is 2.88. The van der Waals surface area contributed by atoms with Crippen LogP contribution in [0.1, 0.15) is 58.2 Å². The van der Waals surface area contributed by atoms with E-state index in [0.717, 1.165) is 23.9 Å². The van der Waals surface area contributed by atoms with Crippen LogP contribution in [0.4, 0.5) is 0 Å². The quantitative estimate of drug-likeness (QED) is 0.629. The summed E-state index contributed by atoms with van der Waals surface area (Å²) in [5.41, 5.74) is 3.98. The molecule has 0 N–H and O–H groups in total. The van der Waals surface area contributed by atoms with Crippen LogP contribution in [-0.2, 0) is 22.2 Å². The minimum atomic E-state index is -0.340. The second-order valence-corrected chi connectivity index (χ2v) is 7.01. The molecule has 0 radical (unpaired) electrons. The Bertz CT molecular complexity index is 615. The van der Waals surface area contributed by atoms with Crippen molar-refractivity contribution < 1.29 is 9.31 Å². The van der Waals surface area contributed by atoms with Gasteiger partial charge in [-0.2, -0.15) is 5.26 Å². The molecule has 1 aromatic rings. The maximum absolute atomic E-state index is 8.75. The van der Waals surface area contributed by atoms with E-state index < -0.39 is 0 Å². The average Bonchev–Trinajstić information content (AvgIpc) is 2.71. The van der Waals surface area contributed by atoms with Gasteiger partial charge in [0.05, 0.1) is 17.3 Å². The Morgan fingerprint density at radius 3 is 1.91 bits per heavy atom. The fraction of sp³-hybridized carbons (Fsp3) is 0.526. The SMILES string of the molecule is CCc1cc(/C=C/C#N)cc(CC)c1B1OC(C)(C)C(C)(C)O1. The van der Waals surface area contributed by atoms with Gasteiger partial charge in [0, 0.05) is 6.08 Å². The molecule has 23 heavy (non-hydrogen) atoms. The first-order valence-corrected chi connectivity index (χ1v) is 8.33. The van der Waals surface area contributed by atoms with Gasteiger partial charge in [0.2, 0.25) is 0 Å². The maximum atomic E-state index is 8.75. The smallest absolute Gasteiger partial charge is 0.399 e. The van der Waals surface area contributed by atoms with Crippen molar-refractivity contribution in [1.82, 2.24) is 0 Å². The first kappa shape index (κ1) is 17.8. The third kappa shape index (κ3) is 3.36. The molecule has 0 atom stereocenters. The van der Waals surface area contributed by atoms with E-state index in [0.29, 0.717) is 0 Å². The molecule has 4 heteroatoms. The Morgan fingerprint density at radius 2 is 1.52 bits per heavy atom. The first-order valence-electron chi connectivity index (χ1n) is 8.33. The summed E-state index contributed by atoms with van der Waals surface area (Å²) in [5.74, 6) is 0. The Kier molecular flexibility index (Phi) is 5.03. The normalized spacial score (nSPS) is 19.3. The summed E-state index contributed by atoms with van der Waals surface area (Å²) in [5, 5.41) is 8.75. The predicted molar refractivity (Wildman–Crippen MR) is 95.6 cm³/mol. The van der Waals surface area contributed by atoms with E-state index in [1.807, 2.05) is 6.08 Å². The van der Waals surface area contributed by atoms with E-state index in [1.165, 1.54) is 17.2 Å². The number of allylic oxidation sites excluding steroid dienone is 1. The standard InChI is InChI=1S/C19H26BNO2/c1-7-15-12-14(10-9-11-21)13-16(8-2)17(15)20-22-18(3,4)19(5,6)23-20/h9-10,12-13H,7-8H2,1-6H3/b10-9+. The van der Waals surface area contributed by atoms with Crippen LogP contribution in [-0.4, -0.2) is 18.3 Å². The summed E-state index contributed by atoms with van der Waals surface area (Å²) in [6.45, 7) is 12.6. The molecule has 0 amide bonds. The van der Waals surface area contributed by atoms with E-state index in [9.17, 15) is 0 Å². The van der Waals surface area contributed by atoms with Gasteiger partial charge in [-0.25, -0.2) is 0 Å². The second-order valence-electron chi connectivity index (χ2n) is 7.01. The fourth-order valence-electron chi connectivity index (χ4n) is 2.88. The molecule has 2 rings (SSSR count). The van der Waals surface area contributed by atoms with Crippen molar-refractivity contribution >= 4 is 18.7 Å². The molecule has 1 aliphatic rings. The lowest BCUT2D eigenvalue weighted by Crippen LogP contribution is -2.41. The monoisotopic (exact) mass is 311 g/mol. The largest absolute Gasteiger partial charge is 0.495 e. The second kappa shape index (κ2) is 6.51. The number of rotatable bonds is 4. The zero-order chi connectivity index (χ0) is 17.3. The number of hydrogen-bond acceptors (Lipinski definition) is 3. The molecule has 1 fully saturated rings. The molecule has 122 valence electrons. The molecule has 0 unspecified atom stereocenters. The number of aryl methyl sites for hydroxylation is 2. The van der Waals surface area contributed by atoms with Crippen molar-refractivity contribution in [3.63, 3.8) is 0 Å². The minimum Gasteiger partial charge on any atom is -0.399 e. The van der Waals surface area contributed by atoms with E-state index in [4.69, 9.17) is 14.6 Å². The van der Waals surface area contributed by atoms with Crippen LogP contribution in [0.25, 0.3) is 6.08 Å². The molecular weight excluding hydrogens is 285 g/mol. The van der Waals surface area contributed by atoms with Gasteiger partial charge in [0.15, 0.2) is 0 Å². The number of nitriles is 1. The van der Waals surface area contributed by atoms with Crippen molar-refractivity contribution in [2.45, 2.75) is 65.6 Å². The third-order valence-electron chi connectivity index (χ3n) is 4.97. The molecule has 0 bridgehead atoms. The van der Waals surface area contributed by atoms with E-state index >= 15 is 0 Å². The molecule has 1 aromatic carbocycles. The van der Waals surface area contributed by atoms with Crippen LogP contribution in [0.2, 0.25) is 0 Å². The van der Waals surface area contributed by atoms with Gasteiger partial charge in [-0.3, -0.25) is 0 Å². The highest BCUT2D eigenvalue weighted by atomic mass is 16.7. The van der Waals surface area contributed by atoms with Crippen molar-refractivity contribution in [1.29, 1.82) is 5.26 Å². The Morgan fingerprint density at radius 1 is 1.04 bits per heavy atom. The first-order chi connectivity index (χ1) is 10.8. The lowest BCUT2D eigenvalue weighted by Gasteiger charge is -2.32. The van der Waals surface area contributed by atoms with Gasteiger partial charge in [0.25, 0.3) is 0 Å². The Balaban J connectivity index is 2.51. The summed E-state index contributed by atoms with van der Waals surface area (Å²) in [4.78, 5) is 0. The van der Waals surface area contributed by atoms with Crippen molar-refractivity contribution in [2.24, 2.45) is 0 Å². The van der Waals surface area contributed by atoms with Crippen LogP contribution in [0, 0.1) is 11.3 Å². The van der Waals surface area contributed by atoms with Gasteiger partial charge in [-0.05, 0) is 68.8 Å². The molecule has 1 aliphatic heterocycles. The number of nitrogens with zero attached hydrogens (tertiary/aromatic N) is 1. The molecule has 0 saturated carbocycles. The highest BCUT2D eigenvalue weighted by Crippen LogP contribution is 2.37. The Hall–Kier alpha value is -1.57. The van der Waals surface area contributed by atoms with Crippen LogP contribution in [0.3, 0.4) is 0 Å². The van der Waals surface area contributed by atoms with Crippen molar-refractivity contribution in [3.8, 4) is 6.07 Å². The van der Waals surface area contributed by atoms with E-state index in [1.54, 1.807) is 0 Å². The summed E-state index contributed by atoms with van der Waals surface area (Å²) in [6.07, 6.45) is 5.18. The molecular formula is C19H26BNO2. The molecule has 1 saturated heterocycles. The minimum absolute atomic E-state index is 0.334. The predicted octanol–water partition coefficient (Wildman–Crippen LogP) is 3.65. The molecule has 0 spiro atoms. The molecule has 1 heterocycles. The van der Waals surface area contributed by atoms with E-state index in [-0.39, 0.29) is 18.3 Å². The highest BCUT2D eigenvalue weighted by Gasteiger charge is 2.52. The van der Waals surface area contributed by atoms with Gasteiger partial charge in [-0.1, -0.05) is 26.0 Å². The topological polar surface area (TPSA) is 42.2 Å². The maximum Gasteiger partial charge on any atom is 0.495 e. The van der Waals surface area contributed by atoms with Crippen molar-refractivity contribution in [2.75, 3.05) is 0 Å². The van der Waals surface area contributed by atoms with E-state index in [2.05, 4.69) is 59.7 Å². The summed E-state index contributed by atoms with van der Waals surface area (Å²) in [6, 6.07) is 6.32. The van der Waals surface area contributed by atoms with Crippen LogP contribution in [0.15, 0.2) is 18.2 Å². The third-order valence-corrected chi connectivity index (χ3v) is 4.97. The number of benzene rings is 1. The highest BCUT2D eigenvalue weighted by molar-refractivity contribution is 6.63. The molecule has 0 aromatic heterocycles. The van der Waals surface area contributed by atoms with Crippen LogP contribution < -0.4 is 5.46 Å². The van der Waals surface area contributed by atoms with Gasteiger partial charge < -0.3 is 9.31 Å². The zero-order valence-corrected chi connectivity index (χ0v) is 15.1. The summed E-state index contributed by atoms with van der Waals surface area (Å²) in [7, 11) is -0.334. The van der Waals surface area contributed by atoms with Crippen molar-refractivity contribution in [3.05, 3.63) is 34.9 Å². The van der Waals surface area contributed by atoms with Gasteiger partial charge >= 0.3 is 7.12 Å². The Labute approximate surface area is 140 Å². The van der Waals surface area contributed by atoms with Gasteiger partial charge in [0.1, 0.15) is 0 Å². The molecule has 0 aliphatic carbocycles. The lowest BCUT2D eigenvalue weighted by atomic mass is 9.71. The average molecular weight is 311 g/mol. The zero-order valence-electron chi connectivity index (χ0n) is 15.1.